The van der Waals surface area contributed by atoms with E-state index in [-0.39, 0.29) is 11.9 Å². The Labute approximate surface area is 188 Å². The van der Waals surface area contributed by atoms with Crippen LogP contribution >= 0.6 is 0 Å². The standard InChI is InChI=1S/C26H27N3O3/c1-17-18(5-8-23-24(17)16-32-26(23)31)13-25(30)29-11-9-28(10-12-29)15-20-6-7-22-19(14-27)3-2-4-21(20)22/h2-5,8,20H,6-7,9-13,15-16H2,1H3. The number of piperazine rings is 1. The lowest BCUT2D eigenvalue weighted by Crippen LogP contribution is -2.49. The van der Waals surface area contributed by atoms with E-state index in [2.05, 4.69) is 17.0 Å². The summed E-state index contributed by atoms with van der Waals surface area (Å²) >= 11 is 0. The third-order valence-corrected chi connectivity index (χ3v) is 7.34. The summed E-state index contributed by atoms with van der Waals surface area (Å²) in [6.07, 6.45) is 2.44. The van der Waals surface area contributed by atoms with Crippen molar-refractivity contribution in [3.8, 4) is 6.07 Å². The second kappa shape index (κ2) is 8.40. The molecule has 2 aromatic carbocycles. The van der Waals surface area contributed by atoms with Crippen molar-refractivity contribution in [1.82, 2.24) is 9.80 Å². The van der Waals surface area contributed by atoms with Gasteiger partial charge in [-0.2, -0.15) is 5.26 Å². The van der Waals surface area contributed by atoms with E-state index < -0.39 is 0 Å². The lowest BCUT2D eigenvalue weighted by molar-refractivity contribution is -0.132. The molecule has 2 aliphatic heterocycles. The zero-order chi connectivity index (χ0) is 22.2. The van der Waals surface area contributed by atoms with Crippen molar-refractivity contribution in [2.75, 3.05) is 32.7 Å². The molecule has 0 radical (unpaired) electrons. The molecule has 0 N–H and O–H groups in total. The van der Waals surface area contributed by atoms with E-state index in [1.54, 1.807) is 6.07 Å². The summed E-state index contributed by atoms with van der Waals surface area (Å²) in [5.41, 5.74) is 6.90. The van der Waals surface area contributed by atoms with E-state index in [9.17, 15) is 14.9 Å². The van der Waals surface area contributed by atoms with Crippen molar-refractivity contribution < 1.29 is 14.3 Å². The van der Waals surface area contributed by atoms with E-state index in [1.807, 2.05) is 30.0 Å². The van der Waals surface area contributed by atoms with Gasteiger partial charge in [0.15, 0.2) is 0 Å². The first-order valence-corrected chi connectivity index (χ1v) is 11.4. The molecule has 1 fully saturated rings. The maximum absolute atomic E-state index is 12.9. The summed E-state index contributed by atoms with van der Waals surface area (Å²) in [4.78, 5) is 29.1. The summed E-state index contributed by atoms with van der Waals surface area (Å²) in [5, 5.41) is 9.35. The third kappa shape index (κ3) is 3.67. The maximum Gasteiger partial charge on any atom is 0.338 e. The van der Waals surface area contributed by atoms with Crippen molar-refractivity contribution in [3.63, 3.8) is 0 Å². The monoisotopic (exact) mass is 429 g/mol. The van der Waals surface area contributed by atoms with Gasteiger partial charge in [0.05, 0.1) is 23.6 Å². The predicted octanol–water partition coefficient (Wildman–Crippen LogP) is 2.95. The Morgan fingerprint density at radius 1 is 1.16 bits per heavy atom. The fourth-order valence-electron chi connectivity index (χ4n) is 5.39. The molecule has 3 aliphatic rings. The smallest absolute Gasteiger partial charge is 0.338 e. The first-order chi connectivity index (χ1) is 15.5. The van der Waals surface area contributed by atoms with Crippen LogP contribution in [0.25, 0.3) is 0 Å². The van der Waals surface area contributed by atoms with Gasteiger partial charge in [0.1, 0.15) is 6.61 Å². The van der Waals surface area contributed by atoms with Crippen molar-refractivity contribution in [3.05, 3.63) is 69.3 Å². The minimum absolute atomic E-state index is 0.141. The van der Waals surface area contributed by atoms with Gasteiger partial charge >= 0.3 is 5.97 Å². The number of cyclic esters (lactones) is 1. The van der Waals surface area contributed by atoms with E-state index in [0.717, 1.165) is 67.8 Å². The van der Waals surface area contributed by atoms with E-state index in [0.29, 0.717) is 24.5 Å². The Hall–Kier alpha value is -3.17. The van der Waals surface area contributed by atoms with E-state index >= 15 is 0 Å². The molecular formula is C26H27N3O3. The lowest BCUT2D eigenvalue weighted by Gasteiger charge is -2.36. The average Bonchev–Trinajstić information content (AvgIpc) is 3.40. The minimum Gasteiger partial charge on any atom is -0.457 e. The first kappa shape index (κ1) is 20.7. The highest BCUT2D eigenvalue weighted by atomic mass is 16.5. The van der Waals surface area contributed by atoms with E-state index in [4.69, 9.17) is 4.74 Å². The molecule has 0 saturated carbocycles. The highest BCUT2D eigenvalue weighted by Crippen LogP contribution is 2.35. The Kier molecular flexibility index (Phi) is 5.44. The molecule has 5 rings (SSSR count). The lowest BCUT2D eigenvalue weighted by atomic mass is 9.96. The molecule has 1 saturated heterocycles. The van der Waals surface area contributed by atoms with Crippen LogP contribution in [0.4, 0.5) is 0 Å². The molecule has 164 valence electrons. The molecule has 6 nitrogen and oxygen atoms in total. The maximum atomic E-state index is 12.9. The third-order valence-electron chi connectivity index (χ3n) is 7.34. The average molecular weight is 430 g/mol. The van der Waals surface area contributed by atoms with E-state index in [1.165, 1.54) is 11.1 Å². The van der Waals surface area contributed by atoms with Gasteiger partial charge in [0.2, 0.25) is 5.91 Å². The molecule has 1 unspecified atom stereocenters. The predicted molar refractivity (Wildman–Crippen MR) is 119 cm³/mol. The number of carbonyl (C=O) groups is 2. The molecule has 2 aromatic rings. The number of carbonyl (C=O) groups excluding carboxylic acids is 2. The summed E-state index contributed by atoms with van der Waals surface area (Å²) < 4.78 is 5.13. The largest absolute Gasteiger partial charge is 0.457 e. The number of benzene rings is 2. The van der Waals surface area contributed by atoms with Gasteiger partial charge in [-0.05, 0) is 60.1 Å². The molecule has 2 heterocycles. The molecule has 1 amide bonds. The molecule has 1 aliphatic carbocycles. The number of fused-ring (bicyclic) bond motifs is 2. The number of hydrogen-bond donors (Lipinski definition) is 0. The van der Waals surface area contributed by atoms with Crippen LogP contribution in [0, 0.1) is 18.3 Å². The SMILES string of the molecule is Cc1c(CC(=O)N2CCN(CC3CCc4c(C#N)cccc43)CC2)ccc2c1COC2=O. The Morgan fingerprint density at radius 3 is 2.75 bits per heavy atom. The van der Waals surface area contributed by atoms with Crippen LogP contribution in [-0.2, 0) is 29.0 Å². The fraction of sp³-hybridized carbons (Fsp3) is 0.423. The van der Waals surface area contributed by atoms with Gasteiger partial charge in [-0.25, -0.2) is 4.79 Å². The van der Waals surface area contributed by atoms with Crippen LogP contribution in [0.1, 0.15) is 56.1 Å². The van der Waals surface area contributed by atoms with Gasteiger partial charge in [-0.15, -0.1) is 0 Å². The molecule has 32 heavy (non-hydrogen) atoms. The summed E-state index contributed by atoms with van der Waals surface area (Å²) in [6.45, 7) is 6.49. The Balaban J connectivity index is 1.17. The van der Waals surface area contributed by atoms with Crippen LogP contribution in [0.5, 0.6) is 0 Å². The Bertz CT molecular complexity index is 1130. The quantitative estimate of drug-likeness (QED) is 0.699. The number of ether oxygens (including phenoxy) is 1. The second-order valence-electron chi connectivity index (χ2n) is 9.03. The molecule has 6 heteroatoms. The van der Waals surface area contributed by atoms with Gasteiger partial charge in [-0.3, -0.25) is 9.69 Å². The van der Waals surface area contributed by atoms with Crippen LogP contribution in [0.15, 0.2) is 30.3 Å². The van der Waals surface area contributed by atoms with Crippen LogP contribution in [0.3, 0.4) is 0 Å². The van der Waals surface area contributed by atoms with Gasteiger partial charge in [-0.1, -0.05) is 18.2 Å². The molecule has 0 aromatic heterocycles. The van der Waals surface area contributed by atoms with Gasteiger partial charge in [0, 0.05) is 38.3 Å². The number of nitriles is 1. The van der Waals surface area contributed by atoms with Crippen LogP contribution < -0.4 is 0 Å². The van der Waals surface area contributed by atoms with Crippen molar-refractivity contribution in [1.29, 1.82) is 5.26 Å². The molecule has 1 atom stereocenters. The molecule has 0 bridgehead atoms. The highest BCUT2D eigenvalue weighted by molar-refractivity contribution is 5.94. The second-order valence-corrected chi connectivity index (χ2v) is 9.03. The summed E-state index contributed by atoms with van der Waals surface area (Å²) in [5.74, 6) is 0.341. The van der Waals surface area contributed by atoms with Crippen molar-refractivity contribution in [2.45, 2.75) is 38.7 Å². The van der Waals surface area contributed by atoms with Crippen molar-refractivity contribution in [2.24, 2.45) is 0 Å². The molecular weight excluding hydrogens is 402 g/mol. The first-order valence-electron chi connectivity index (χ1n) is 11.4. The Morgan fingerprint density at radius 2 is 1.97 bits per heavy atom. The number of hydrogen-bond acceptors (Lipinski definition) is 5. The number of amides is 1. The fourth-order valence-corrected chi connectivity index (χ4v) is 5.39. The number of nitrogens with zero attached hydrogens (tertiary/aromatic N) is 3. The van der Waals surface area contributed by atoms with Crippen LogP contribution in [-0.4, -0.2) is 54.4 Å². The van der Waals surface area contributed by atoms with Crippen molar-refractivity contribution >= 4 is 11.9 Å². The zero-order valence-corrected chi connectivity index (χ0v) is 18.4. The number of esters is 1. The number of rotatable bonds is 4. The van der Waals surface area contributed by atoms with Crippen LogP contribution in [0.2, 0.25) is 0 Å². The molecule has 0 spiro atoms. The summed E-state index contributed by atoms with van der Waals surface area (Å²) in [6, 6.07) is 12.1. The highest BCUT2D eigenvalue weighted by Gasteiger charge is 2.29. The normalized spacial score (nSPS) is 19.9. The zero-order valence-electron chi connectivity index (χ0n) is 18.4. The summed E-state index contributed by atoms with van der Waals surface area (Å²) in [7, 11) is 0. The topological polar surface area (TPSA) is 73.6 Å². The van der Waals surface area contributed by atoms with Gasteiger partial charge < -0.3 is 9.64 Å². The minimum atomic E-state index is -0.272. The van der Waals surface area contributed by atoms with Gasteiger partial charge in [0.25, 0.3) is 0 Å².